The summed E-state index contributed by atoms with van der Waals surface area (Å²) in [7, 11) is 0. The van der Waals surface area contributed by atoms with Gasteiger partial charge in [0.05, 0.1) is 16.7 Å². The summed E-state index contributed by atoms with van der Waals surface area (Å²) in [5.41, 5.74) is 0.479. The molecule has 0 saturated heterocycles. The molecular weight excluding hydrogens is 364 g/mol. The number of nitrogens with one attached hydrogen (secondary N) is 2. The summed E-state index contributed by atoms with van der Waals surface area (Å²) in [6.45, 7) is 7.75. The van der Waals surface area contributed by atoms with Gasteiger partial charge >= 0.3 is 6.03 Å². The molecule has 3 amide bonds. The molecule has 2 aromatic rings. The number of thioether (sulfide) groups is 1. The zero-order valence-electron chi connectivity index (χ0n) is 16.1. The van der Waals surface area contributed by atoms with Crippen LogP contribution in [0.4, 0.5) is 4.79 Å². The number of nitrogens with zero attached hydrogens (tertiary/aromatic N) is 2. The maximum atomic E-state index is 12.9. The van der Waals surface area contributed by atoms with E-state index in [2.05, 4.69) is 15.6 Å². The van der Waals surface area contributed by atoms with Crippen LogP contribution >= 0.6 is 11.8 Å². The molecule has 7 nitrogen and oxygen atoms in total. The maximum Gasteiger partial charge on any atom is 0.321 e. The van der Waals surface area contributed by atoms with Crippen LogP contribution in [-0.4, -0.2) is 33.3 Å². The number of aromatic nitrogens is 2. The van der Waals surface area contributed by atoms with E-state index in [9.17, 15) is 14.4 Å². The van der Waals surface area contributed by atoms with Crippen LogP contribution in [0.15, 0.2) is 34.2 Å². The van der Waals surface area contributed by atoms with Gasteiger partial charge in [0.25, 0.3) is 5.56 Å². The minimum absolute atomic E-state index is 0.00482. The topological polar surface area (TPSA) is 93.1 Å². The highest BCUT2D eigenvalue weighted by atomic mass is 32.2. The van der Waals surface area contributed by atoms with Crippen LogP contribution in [-0.2, 0) is 4.79 Å². The lowest BCUT2D eigenvalue weighted by Gasteiger charge is -2.18. The van der Waals surface area contributed by atoms with Crippen molar-refractivity contribution in [2.24, 2.45) is 0 Å². The van der Waals surface area contributed by atoms with Crippen molar-refractivity contribution in [3.8, 4) is 0 Å². The first-order chi connectivity index (χ1) is 12.9. The van der Waals surface area contributed by atoms with E-state index >= 15 is 0 Å². The number of imide groups is 1. The van der Waals surface area contributed by atoms with Crippen molar-refractivity contribution in [1.82, 2.24) is 20.2 Å². The van der Waals surface area contributed by atoms with E-state index in [0.717, 1.165) is 24.6 Å². The van der Waals surface area contributed by atoms with Crippen LogP contribution in [0.1, 0.15) is 46.6 Å². The maximum absolute atomic E-state index is 12.9. The molecule has 2 N–H and O–H groups in total. The smallest absolute Gasteiger partial charge is 0.321 e. The van der Waals surface area contributed by atoms with Gasteiger partial charge in [-0.15, -0.1) is 0 Å². The second kappa shape index (κ2) is 9.55. The van der Waals surface area contributed by atoms with Crippen molar-refractivity contribution in [2.45, 2.75) is 57.8 Å². The van der Waals surface area contributed by atoms with Crippen molar-refractivity contribution < 1.29 is 9.59 Å². The molecule has 0 fully saturated rings. The normalized spacial score (nSPS) is 13.2. The van der Waals surface area contributed by atoms with Gasteiger partial charge in [0.1, 0.15) is 0 Å². The van der Waals surface area contributed by atoms with E-state index < -0.39 is 11.9 Å². The van der Waals surface area contributed by atoms with E-state index in [1.807, 2.05) is 39.8 Å². The van der Waals surface area contributed by atoms with E-state index in [1.54, 1.807) is 16.7 Å². The molecule has 0 aliphatic heterocycles. The van der Waals surface area contributed by atoms with Gasteiger partial charge in [0.2, 0.25) is 5.91 Å². The van der Waals surface area contributed by atoms with Gasteiger partial charge in [0, 0.05) is 12.1 Å². The summed E-state index contributed by atoms with van der Waals surface area (Å²) < 4.78 is 1.62. The lowest BCUT2D eigenvalue weighted by Crippen LogP contribution is -2.44. The number of rotatable bonds is 7. The van der Waals surface area contributed by atoms with Crippen molar-refractivity contribution in [1.29, 1.82) is 0 Å². The van der Waals surface area contributed by atoms with Crippen LogP contribution < -0.4 is 16.2 Å². The summed E-state index contributed by atoms with van der Waals surface area (Å²) in [6.07, 6.45) is 1.54. The molecular formula is C19H26N4O3S. The van der Waals surface area contributed by atoms with Gasteiger partial charge in [-0.05, 0) is 38.8 Å². The molecule has 8 heteroatoms. The minimum atomic E-state index is -0.513. The Morgan fingerprint density at radius 3 is 2.56 bits per heavy atom. The summed E-state index contributed by atoms with van der Waals surface area (Å²) in [5, 5.41) is 6.02. The SMILES string of the molecule is CC[C@H](C)NC(=O)NC(=O)CSc1nc2ccccc2c(=O)n1[C@@H](C)CC. The quantitative estimate of drug-likeness (QED) is 0.560. The number of carbonyl (C=O) groups is 2. The van der Waals surface area contributed by atoms with Gasteiger partial charge in [-0.2, -0.15) is 0 Å². The Labute approximate surface area is 162 Å². The van der Waals surface area contributed by atoms with Crippen LogP contribution in [0.5, 0.6) is 0 Å². The monoisotopic (exact) mass is 390 g/mol. The largest absolute Gasteiger partial charge is 0.335 e. The molecule has 0 aliphatic carbocycles. The third kappa shape index (κ3) is 5.32. The highest BCUT2D eigenvalue weighted by Gasteiger charge is 2.17. The molecule has 0 spiro atoms. The predicted molar refractivity (Wildman–Crippen MR) is 108 cm³/mol. The van der Waals surface area contributed by atoms with Crippen molar-refractivity contribution in [3.05, 3.63) is 34.6 Å². The second-order valence-corrected chi connectivity index (χ2v) is 7.41. The zero-order chi connectivity index (χ0) is 20.0. The van der Waals surface area contributed by atoms with E-state index in [1.165, 1.54) is 0 Å². The number of urea groups is 1. The average Bonchev–Trinajstić information content (AvgIpc) is 2.65. The molecule has 1 aromatic heterocycles. The summed E-state index contributed by atoms with van der Waals surface area (Å²) in [5.74, 6) is -0.436. The number of hydrogen-bond donors (Lipinski definition) is 2. The first kappa shape index (κ1) is 21.0. The lowest BCUT2D eigenvalue weighted by molar-refractivity contribution is -0.117. The van der Waals surface area contributed by atoms with Crippen molar-refractivity contribution in [3.63, 3.8) is 0 Å². The van der Waals surface area contributed by atoms with Crippen molar-refractivity contribution >= 4 is 34.6 Å². The first-order valence-electron chi connectivity index (χ1n) is 9.11. The molecule has 1 aromatic carbocycles. The fraction of sp³-hybridized carbons (Fsp3) is 0.474. The summed E-state index contributed by atoms with van der Waals surface area (Å²) >= 11 is 1.15. The second-order valence-electron chi connectivity index (χ2n) is 6.46. The molecule has 0 saturated carbocycles. The third-order valence-corrected chi connectivity index (χ3v) is 5.33. The van der Waals surface area contributed by atoms with Crippen LogP contribution in [0.2, 0.25) is 0 Å². The number of hydrogen-bond acceptors (Lipinski definition) is 5. The van der Waals surface area contributed by atoms with Gasteiger partial charge < -0.3 is 5.32 Å². The van der Waals surface area contributed by atoms with Gasteiger partial charge in [0.15, 0.2) is 5.16 Å². The number of para-hydroxylation sites is 1. The minimum Gasteiger partial charge on any atom is -0.335 e. The standard InChI is InChI=1S/C19H26N4O3S/c1-5-12(3)20-18(26)22-16(24)11-27-19-21-15-10-8-7-9-14(15)17(25)23(19)13(4)6-2/h7-10,12-13H,5-6,11H2,1-4H3,(H2,20,22,24,26)/t12-,13-/m0/s1. The molecule has 2 atom stereocenters. The predicted octanol–water partition coefficient (Wildman–Crippen LogP) is 3.08. The highest BCUT2D eigenvalue weighted by Crippen LogP contribution is 2.22. The Balaban J connectivity index is 2.19. The number of fused-ring (bicyclic) bond motifs is 1. The Kier molecular flexibility index (Phi) is 7.41. The zero-order valence-corrected chi connectivity index (χ0v) is 16.9. The average molecular weight is 391 g/mol. The molecule has 0 radical (unpaired) electrons. The van der Waals surface area contributed by atoms with E-state index in [4.69, 9.17) is 0 Å². The van der Waals surface area contributed by atoms with Gasteiger partial charge in [-0.1, -0.05) is 37.7 Å². The summed E-state index contributed by atoms with van der Waals surface area (Å²) in [6, 6.07) is 6.59. The highest BCUT2D eigenvalue weighted by molar-refractivity contribution is 7.99. The van der Waals surface area contributed by atoms with Crippen molar-refractivity contribution in [2.75, 3.05) is 5.75 Å². The number of benzene rings is 1. The van der Waals surface area contributed by atoms with Crippen LogP contribution in [0, 0.1) is 0 Å². The lowest BCUT2D eigenvalue weighted by atomic mass is 10.2. The molecule has 1 heterocycles. The van der Waals surface area contributed by atoms with Gasteiger partial charge in [-0.3, -0.25) is 19.5 Å². The molecule has 0 aliphatic rings. The van der Waals surface area contributed by atoms with Gasteiger partial charge in [-0.25, -0.2) is 9.78 Å². The Morgan fingerprint density at radius 2 is 1.89 bits per heavy atom. The molecule has 2 rings (SSSR count). The molecule has 146 valence electrons. The number of amides is 3. The van der Waals surface area contributed by atoms with Crippen LogP contribution in [0.25, 0.3) is 10.9 Å². The van der Waals surface area contributed by atoms with E-state index in [-0.39, 0.29) is 23.4 Å². The fourth-order valence-corrected chi connectivity index (χ4v) is 3.35. The fourth-order valence-electron chi connectivity index (χ4n) is 2.45. The Bertz CT molecular complexity index is 881. The third-order valence-electron chi connectivity index (χ3n) is 4.38. The molecule has 27 heavy (non-hydrogen) atoms. The number of carbonyl (C=O) groups excluding carboxylic acids is 2. The Morgan fingerprint density at radius 1 is 1.19 bits per heavy atom. The Hall–Kier alpha value is -2.35. The first-order valence-corrected chi connectivity index (χ1v) is 10.1. The molecule has 0 unspecified atom stereocenters. The van der Waals surface area contributed by atoms with E-state index in [0.29, 0.717) is 16.1 Å². The van der Waals surface area contributed by atoms with Crippen LogP contribution in [0.3, 0.4) is 0 Å². The molecule has 0 bridgehead atoms. The summed E-state index contributed by atoms with van der Waals surface area (Å²) in [4.78, 5) is 41.3.